The minimum atomic E-state index is -6.07. The van der Waals surface area contributed by atoms with E-state index in [0.29, 0.717) is 0 Å². The highest BCUT2D eigenvalue weighted by Crippen LogP contribution is 2.72. The van der Waals surface area contributed by atoms with Crippen molar-refractivity contribution in [3.8, 4) is 0 Å². The Balaban J connectivity index is 0.000000347. The molecule has 2 aromatic heterocycles. The van der Waals surface area contributed by atoms with Crippen molar-refractivity contribution in [1.82, 2.24) is 19.5 Å². The van der Waals surface area contributed by atoms with Crippen molar-refractivity contribution in [1.29, 1.82) is 0 Å². The van der Waals surface area contributed by atoms with E-state index in [1.165, 1.54) is 10.9 Å². The van der Waals surface area contributed by atoms with Gasteiger partial charge in [-0.2, -0.15) is 25.7 Å². The molecule has 0 aromatic carbocycles. The molecule has 0 bridgehead atoms. The van der Waals surface area contributed by atoms with Gasteiger partial charge in [-0.1, -0.05) is 0 Å². The maximum absolute atomic E-state index is 11.4. The van der Waals surface area contributed by atoms with E-state index in [9.17, 15) is 50.9 Å². The number of phosphoric acid groups is 6. The van der Waals surface area contributed by atoms with E-state index in [2.05, 4.69) is 40.7 Å². The maximum Gasteiger partial charge on any atom is 0.490 e. The van der Waals surface area contributed by atoms with Crippen LogP contribution in [0.5, 0.6) is 0 Å². The Hall–Kier alpha value is -1.04. The summed E-state index contributed by atoms with van der Waals surface area (Å²) in [6, 6.07) is 0. The lowest BCUT2D eigenvalue weighted by Gasteiger charge is -2.18. The largest absolute Gasteiger partial charge is 0.490 e. The molecule has 0 aliphatic carbocycles. The van der Waals surface area contributed by atoms with Crippen LogP contribution in [0.25, 0.3) is 11.2 Å². The first-order valence-corrected chi connectivity index (χ1v) is 21.3. The number of nitrogen functional groups attached to an aromatic ring is 1. The third kappa shape index (κ3) is 14.3. The zero-order chi connectivity index (χ0) is 37.3. The van der Waals surface area contributed by atoms with Crippen LogP contribution < -0.4 is 5.73 Å². The monoisotopic (exact) mass is 845 g/mol. The van der Waals surface area contributed by atoms with E-state index in [4.69, 9.17) is 49.3 Å². The molecular weight excluding hydrogens is 824 g/mol. The van der Waals surface area contributed by atoms with Gasteiger partial charge in [0.25, 0.3) is 0 Å². The molecule has 3 unspecified atom stereocenters. The van der Waals surface area contributed by atoms with Crippen LogP contribution in [0.1, 0.15) is 6.23 Å². The molecule has 48 heavy (non-hydrogen) atoms. The molecule has 38 heteroatoms. The SMILES string of the molecule is Nc1ncnc2c1ncn2[C@@H]1O[C@H](COP(=O)(O)OS(=O)(=O)O)[C@@H](O)[C@H]1O.O=P(O)(O)OP(=O)(O)OP(=O)(O)OP(=O)(O)OP(=O)(O)O. The second-order valence-electron chi connectivity index (χ2n) is 8.11. The van der Waals surface area contributed by atoms with E-state index < -0.39 is 88.5 Å². The summed E-state index contributed by atoms with van der Waals surface area (Å²) in [6.45, 7) is -0.845. The summed E-state index contributed by atoms with van der Waals surface area (Å²) in [6.07, 6.45) is -3.29. The summed E-state index contributed by atoms with van der Waals surface area (Å²) in [5, 5.41) is 20.2. The summed E-state index contributed by atoms with van der Waals surface area (Å²) in [5.41, 5.74) is 6.08. The molecule has 0 radical (unpaired) electrons. The van der Waals surface area contributed by atoms with Crippen molar-refractivity contribution in [2.75, 3.05) is 12.3 Å². The third-order valence-electron chi connectivity index (χ3n) is 4.42. The lowest BCUT2D eigenvalue weighted by molar-refractivity contribution is -0.0501. The fourth-order valence-corrected chi connectivity index (χ4v) is 9.89. The molecule has 0 saturated carbocycles. The highest BCUT2D eigenvalue weighted by Gasteiger charge is 2.47. The van der Waals surface area contributed by atoms with E-state index in [0.717, 1.165) is 6.33 Å². The van der Waals surface area contributed by atoms with Crippen LogP contribution in [0.2, 0.25) is 0 Å². The average molecular weight is 845 g/mol. The number of anilines is 1. The Bertz CT molecular complexity index is 1820. The number of fused-ring (bicyclic) bond motifs is 1. The fraction of sp³-hybridized carbons (Fsp3) is 0.500. The summed E-state index contributed by atoms with van der Waals surface area (Å²) < 4.78 is 121. The molecule has 2 aromatic rings. The van der Waals surface area contributed by atoms with Crippen molar-refractivity contribution in [3.63, 3.8) is 0 Å². The van der Waals surface area contributed by atoms with E-state index in [1.807, 2.05) is 0 Å². The molecule has 278 valence electrons. The molecule has 7 atom stereocenters. The number of imidazole rings is 1. The van der Waals surface area contributed by atoms with Gasteiger partial charge in [0.15, 0.2) is 17.7 Å². The van der Waals surface area contributed by atoms with Crippen molar-refractivity contribution in [3.05, 3.63) is 12.7 Å². The number of aliphatic hydroxyl groups excluding tert-OH is 2. The first kappa shape index (κ1) is 43.1. The molecule has 1 aliphatic rings. The number of phosphoric ester groups is 1. The first-order chi connectivity index (χ1) is 21.3. The van der Waals surface area contributed by atoms with E-state index in [-0.39, 0.29) is 17.0 Å². The van der Waals surface area contributed by atoms with Gasteiger partial charge in [-0.25, -0.2) is 42.3 Å². The minimum absolute atomic E-state index is 0.0789. The Labute approximate surface area is 263 Å². The van der Waals surface area contributed by atoms with Gasteiger partial charge < -0.3 is 59.8 Å². The number of aromatic nitrogens is 4. The van der Waals surface area contributed by atoms with Gasteiger partial charge in [-0.05, 0) is 0 Å². The molecule has 3 rings (SSSR count). The smallest absolute Gasteiger partial charge is 0.387 e. The van der Waals surface area contributed by atoms with Gasteiger partial charge in [-0.3, -0.25) is 13.6 Å². The fourth-order valence-electron chi connectivity index (χ4n) is 3.04. The Kier molecular flexibility index (Phi) is 13.7. The van der Waals surface area contributed by atoms with Crippen LogP contribution in [0.4, 0.5) is 5.82 Å². The lowest BCUT2D eigenvalue weighted by atomic mass is 10.1. The first-order valence-electron chi connectivity index (χ1n) is 10.9. The molecule has 13 N–H and O–H groups in total. The molecule has 31 nitrogen and oxygen atoms in total. The van der Waals surface area contributed by atoms with Crippen LogP contribution in [0.15, 0.2) is 12.7 Å². The Morgan fingerprint density at radius 3 is 1.71 bits per heavy atom. The molecular formula is C10H21N5O26P6S. The zero-order valence-electron chi connectivity index (χ0n) is 22.2. The van der Waals surface area contributed by atoms with Crippen molar-refractivity contribution < 1.29 is 120 Å². The summed E-state index contributed by atoms with van der Waals surface area (Å²) in [7, 11) is -39.8. The predicted molar refractivity (Wildman–Crippen MR) is 142 cm³/mol. The highest BCUT2D eigenvalue weighted by atomic mass is 32.3. The summed E-state index contributed by atoms with van der Waals surface area (Å²) >= 11 is 0. The molecule has 0 spiro atoms. The van der Waals surface area contributed by atoms with Gasteiger partial charge in [0.2, 0.25) is 0 Å². The number of hydrogen-bond donors (Lipinski definition) is 12. The molecule has 1 saturated heterocycles. The van der Waals surface area contributed by atoms with Gasteiger partial charge in [0, 0.05) is 0 Å². The average Bonchev–Trinajstić information content (AvgIpc) is 3.33. The van der Waals surface area contributed by atoms with Gasteiger partial charge in [0.1, 0.15) is 30.2 Å². The second-order valence-corrected chi connectivity index (χ2v) is 18.1. The number of ether oxygens (including phenoxy) is 1. The molecule has 0 amide bonds. The van der Waals surface area contributed by atoms with E-state index >= 15 is 0 Å². The minimum Gasteiger partial charge on any atom is -0.387 e. The molecule has 1 aliphatic heterocycles. The van der Waals surface area contributed by atoms with Gasteiger partial charge in [-0.15, -0.1) is 3.97 Å². The third-order valence-corrected chi connectivity index (χ3v) is 13.1. The number of nitrogens with two attached hydrogens (primary N) is 1. The lowest BCUT2D eigenvalue weighted by Crippen LogP contribution is -2.33. The second kappa shape index (κ2) is 15.3. The summed E-state index contributed by atoms with van der Waals surface area (Å²) in [4.78, 5) is 79.7. The maximum atomic E-state index is 11.4. The summed E-state index contributed by atoms with van der Waals surface area (Å²) in [5.74, 6) is 0.0789. The number of hydrogen-bond acceptors (Lipinski definition) is 21. The van der Waals surface area contributed by atoms with Crippen LogP contribution in [0, 0.1) is 0 Å². The van der Waals surface area contributed by atoms with Gasteiger partial charge >= 0.3 is 57.3 Å². The van der Waals surface area contributed by atoms with Gasteiger partial charge in [0.05, 0.1) is 12.9 Å². The van der Waals surface area contributed by atoms with Crippen molar-refractivity contribution >= 4 is 74.3 Å². The van der Waals surface area contributed by atoms with E-state index in [1.54, 1.807) is 0 Å². The number of aliphatic hydroxyl groups is 2. The zero-order valence-corrected chi connectivity index (χ0v) is 28.4. The van der Waals surface area contributed by atoms with Crippen molar-refractivity contribution in [2.24, 2.45) is 0 Å². The van der Waals surface area contributed by atoms with Crippen LogP contribution >= 0.6 is 46.9 Å². The Morgan fingerprint density at radius 2 is 1.25 bits per heavy atom. The topological polar surface area (TPSA) is 493 Å². The quantitative estimate of drug-likeness (QED) is 0.0691. The number of nitrogens with zero attached hydrogens (tertiary/aromatic N) is 4. The Morgan fingerprint density at radius 1 is 0.771 bits per heavy atom. The standard InChI is InChI=1S/C10H14N5O10PS.H7O16P5/c11-8-5-9(13-2-12-8)15(3-14-5)10-7(17)6(16)4(24-10)1-23-26(18,19)25-27(20,21)22;1-17(2,3)13-19(7,8)15-21(11,12)16-20(9,10)14-18(4,5)6/h2-4,6-7,10,16-17H,1H2,(H,18,19)(H2,11,12,13)(H,20,21,22);(H,7,8)(H,9,10)(H,11,12)(H2,1,2,3)(H2,4,5,6)/t4-,6-,7-,10-;/m1./s1. The predicted octanol–water partition coefficient (Wildman–Crippen LogP) is -2.50. The van der Waals surface area contributed by atoms with Crippen LogP contribution in [-0.2, 0) is 68.3 Å². The van der Waals surface area contributed by atoms with Crippen LogP contribution in [-0.4, -0.2) is 107 Å². The normalized spacial score (nSPS) is 25.6. The number of rotatable bonds is 14. The van der Waals surface area contributed by atoms with Crippen molar-refractivity contribution in [2.45, 2.75) is 24.5 Å². The highest BCUT2D eigenvalue weighted by molar-refractivity contribution is 7.85. The molecule has 3 heterocycles. The molecule has 1 fully saturated rings. The van der Waals surface area contributed by atoms with Crippen LogP contribution in [0.3, 0.4) is 0 Å².